The summed E-state index contributed by atoms with van der Waals surface area (Å²) >= 11 is 1.84. The maximum Gasteiger partial charge on any atom is 0.0377 e. The van der Waals surface area contributed by atoms with Crippen molar-refractivity contribution in [1.29, 1.82) is 0 Å². The minimum atomic E-state index is 1.36. The van der Waals surface area contributed by atoms with E-state index in [9.17, 15) is 0 Å². The molecule has 0 spiro atoms. The van der Waals surface area contributed by atoms with Gasteiger partial charge in [0.25, 0.3) is 0 Å². The van der Waals surface area contributed by atoms with Gasteiger partial charge in [0.2, 0.25) is 0 Å². The Balaban J connectivity index is 2.60. The first-order valence-corrected chi connectivity index (χ1v) is 5.69. The van der Waals surface area contributed by atoms with Crippen molar-refractivity contribution in [2.45, 2.75) is 20.8 Å². The average molecular weight is 202 g/mol. The van der Waals surface area contributed by atoms with E-state index in [1.807, 2.05) is 11.3 Å². The Morgan fingerprint density at radius 3 is 2.21 bits per heavy atom. The zero-order valence-corrected chi connectivity index (χ0v) is 9.61. The van der Waals surface area contributed by atoms with Crippen LogP contribution in [-0.4, -0.2) is 0 Å². The summed E-state index contributed by atoms with van der Waals surface area (Å²) in [5, 5.41) is 2.23. The predicted octanol–water partition coefficient (Wildman–Crippen LogP) is 4.34. The van der Waals surface area contributed by atoms with Crippen LogP contribution in [-0.2, 0) is 0 Å². The van der Waals surface area contributed by atoms with Crippen molar-refractivity contribution in [2.24, 2.45) is 0 Å². The van der Waals surface area contributed by atoms with Crippen LogP contribution in [0.2, 0.25) is 0 Å². The van der Waals surface area contributed by atoms with Crippen LogP contribution in [0.4, 0.5) is 0 Å². The van der Waals surface area contributed by atoms with E-state index in [2.05, 4.69) is 50.4 Å². The zero-order chi connectivity index (χ0) is 10.1. The lowest BCUT2D eigenvalue weighted by Crippen LogP contribution is -1.81. The normalized spacial score (nSPS) is 10.5. The van der Waals surface area contributed by atoms with Crippen LogP contribution in [0.1, 0.15) is 16.7 Å². The van der Waals surface area contributed by atoms with Gasteiger partial charge in [-0.15, -0.1) is 11.3 Å². The van der Waals surface area contributed by atoms with Gasteiger partial charge < -0.3 is 0 Å². The van der Waals surface area contributed by atoms with Gasteiger partial charge in [0.15, 0.2) is 0 Å². The first-order valence-electron chi connectivity index (χ1n) is 4.81. The van der Waals surface area contributed by atoms with E-state index < -0.39 is 0 Å². The minimum absolute atomic E-state index is 1.36. The summed E-state index contributed by atoms with van der Waals surface area (Å²) in [4.78, 5) is 1.42. The number of rotatable bonds is 1. The van der Waals surface area contributed by atoms with Crippen molar-refractivity contribution >= 4 is 11.3 Å². The van der Waals surface area contributed by atoms with E-state index in [-0.39, 0.29) is 0 Å². The summed E-state index contributed by atoms with van der Waals surface area (Å²) in [7, 11) is 0. The topological polar surface area (TPSA) is 0 Å². The third kappa shape index (κ3) is 1.48. The molecule has 0 aliphatic heterocycles. The largest absolute Gasteiger partial charge is 0.143 e. The first-order chi connectivity index (χ1) is 6.70. The average Bonchev–Trinajstić information content (AvgIpc) is 2.49. The Labute approximate surface area is 89.2 Å². The molecule has 2 rings (SSSR count). The minimum Gasteiger partial charge on any atom is -0.143 e. The molecular formula is C13H14S. The van der Waals surface area contributed by atoms with Crippen LogP contribution in [0.15, 0.2) is 29.6 Å². The maximum absolute atomic E-state index is 2.23. The monoisotopic (exact) mass is 202 g/mol. The van der Waals surface area contributed by atoms with E-state index in [0.717, 1.165) is 0 Å². The highest BCUT2D eigenvalue weighted by molar-refractivity contribution is 7.14. The van der Waals surface area contributed by atoms with E-state index in [1.165, 1.54) is 27.1 Å². The van der Waals surface area contributed by atoms with Crippen LogP contribution >= 0.6 is 11.3 Å². The lowest BCUT2D eigenvalue weighted by atomic mass is 10.0. The predicted molar refractivity (Wildman–Crippen MR) is 64.0 cm³/mol. The number of benzene rings is 1. The highest BCUT2D eigenvalue weighted by Crippen LogP contribution is 2.33. The molecule has 2 aromatic rings. The number of aryl methyl sites for hydroxylation is 2. The highest BCUT2D eigenvalue weighted by atomic mass is 32.1. The molecule has 14 heavy (non-hydrogen) atoms. The molecule has 0 N–H and O–H groups in total. The van der Waals surface area contributed by atoms with Gasteiger partial charge in [-0.3, -0.25) is 0 Å². The number of thiophene rings is 1. The Morgan fingerprint density at radius 1 is 0.929 bits per heavy atom. The van der Waals surface area contributed by atoms with Gasteiger partial charge >= 0.3 is 0 Å². The Kier molecular flexibility index (Phi) is 2.42. The maximum atomic E-state index is 2.23. The fourth-order valence-electron chi connectivity index (χ4n) is 1.60. The highest BCUT2D eigenvalue weighted by Gasteiger charge is 2.07. The van der Waals surface area contributed by atoms with Crippen LogP contribution in [0.3, 0.4) is 0 Å². The van der Waals surface area contributed by atoms with Gasteiger partial charge in [-0.1, -0.05) is 24.3 Å². The van der Waals surface area contributed by atoms with Crippen molar-refractivity contribution in [1.82, 2.24) is 0 Å². The SMILES string of the molecule is Cc1ccccc1-c1scc(C)c1C. The van der Waals surface area contributed by atoms with Gasteiger partial charge in [0.05, 0.1) is 0 Å². The molecule has 1 heteroatoms. The summed E-state index contributed by atoms with van der Waals surface area (Å²) in [5.74, 6) is 0. The van der Waals surface area contributed by atoms with Crippen LogP contribution in [0.25, 0.3) is 10.4 Å². The lowest BCUT2D eigenvalue weighted by Gasteiger charge is -2.04. The molecule has 72 valence electrons. The summed E-state index contributed by atoms with van der Waals surface area (Å²) in [6.07, 6.45) is 0. The molecule has 1 heterocycles. The Hall–Kier alpha value is -1.08. The van der Waals surface area contributed by atoms with Crippen molar-refractivity contribution in [3.63, 3.8) is 0 Å². The molecule has 0 radical (unpaired) electrons. The Morgan fingerprint density at radius 2 is 1.64 bits per heavy atom. The lowest BCUT2D eigenvalue weighted by molar-refractivity contribution is 1.39. The van der Waals surface area contributed by atoms with Gasteiger partial charge in [0, 0.05) is 4.88 Å². The molecule has 0 aliphatic carbocycles. The Bertz CT molecular complexity index is 452. The first kappa shape index (κ1) is 9.47. The molecule has 0 nitrogen and oxygen atoms in total. The quantitative estimate of drug-likeness (QED) is 0.645. The van der Waals surface area contributed by atoms with Crippen LogP contribution in [0.5, 0.6) is 0 Å². The third-order valence-electron chi connectivity index (χ3n) is 2.68. The summed E-state index contributed by atoms with van der Waals surface area (Å²) in [6, 6.07) is 8.57. The fourth-order valence-corrected chi connectivity index (χ4v) is 2.76. The van der Waals surface area contributed by atoms with E-state index in [4.69, 9.17) is 0 Å². The van der Waals surface area contributed by atoms with Gasteiger partial charge in [0.1, 0.15) is 0 Å². The van der Waals surface area contributed by atoms with Crippen molar-refractivity contribution in [2.75, 3.05) is 0 Å². The van der Waals surface area contributed by atoms with Crippen LogP contribution < -0.4 is 0 Å². The molecule has 0 saturated heterocycles. The van der Waals surface area contributed by atoms with Gasteiger partial charge in [-0.2, -0.15) is 0 Å². The second kappa shape index (κ2) is 3.58. The number of hydrogen-bond donors (Lipinski definition) is 0. The third-order valence-corrected chi connectivity index (χ3v) is 3.91. The number of hydrogen-bond acceptors (Lipinski definition) is 1. The summed E-state index contributed by atoms with van der Waals surface area (Å²) in [5.41, 5.74) is 5.55. The molecule has 0 aliphatic rings. The molecule has 0 amide bonds. The zero-order valence-electron chi connectivity index (χ0n) is 8.79. The molecule has 1 aromatic carbocycles. The summed E-state index contributed by atoms with van der Waals surface area (Å²) in [6.45, 7) is 6.55. The van der Waals surface area contributed by atoms with E-state index in [0.29, 0.717) is 0 Å². The second-order valence-corrected chi connectivity index (χ2v) is 4.57. The van der Waals surface area contributed by atoms with Crippen LogP contribution in [0, 0.1) is 20.8 Å². The van der Waals surface area contributed by atoms with Gasteiger partial charge in [-0.25, -0.2) is 0 Å². The van der Waals surface area contributed by atoms with Crippen molar-refractivity contribution in [3.8, 4) is 10.4 Å². The molecule has 1 aromatic heterocycles. The van der Waals surface area contributed by atoms with Gasteiger partial charge in [-0.05, 0) is 48.4 Å². The summed E-state index contributed by atoms with van der Waals surface area (Å²) < 4.78 is 0. The van der Waals surface area contributed by atoms with E-state index in [1.54, 1.807) is 0 Å². The van der Waals surface area contributed by atoms with Crippen molar-refractivity contribution < 1.29 is 0 Å². The molecule has 0 unspecified atom stereocenters. The smallest absolute Gasteiger partial charge is 0.0377 e. The fraction of sp³-hybridized carbons (Fsp3) is 0.231. The molecule has 0 fully saturated rings. The standard InChI is InChI=1S/C13H14S/c1-9-6-4-5-7-12(9)13-11(3)10(2)8-14-13/h4-8H,1-3H3. The van der Waals surface area contributed by atoms with Crippen molar-refractivity contribution in [3.05, 3.63) is 46.3 Å². The van der Waals surface area contributed by atoms with E-state index >= 15 is 0 Å². The molecular weight excluding hydrogens is 188 g/mol. The molecule has 0 atom stereocenters. The molecule has 0 saturated carbocycles. The second-order valence-electron chi connectivity index (χ2n) is 3.69. The molecule has 0 bridgehead atoms.